The van der Waals surface area contributed by atoms with Crippen molar-refractivity contribution in [3.63, 3.8) is 0 Å². The maximum absolute atomic E-state index is 14.1. The Hall–Kier alpha value is -2.22. The lowest BCUT2D eigenvalue weighted by atomic mass is 9.85. The fourth-order valence-electron chi connectivity index (χ4n) is 6.68. The molecule has 6 nitrogen and oxygen atoms in total. The maximum atomic E-state index is 14.1. The van der Waals surface area contributed by atoms with Crippen molar-refractivity contribution in [1.29, 1.82) is 0 Å². The second-order valence-corrected chi connectivity index (χ2v) is 11.0. The van der Waals surface area contributed by atoms with E-state index in [0.717, 1.165) is 12.8 Å². The van der Waals surface area contributed by atoms with Crippen LogP contribution in [0.5, 0.6) is 0 Å². The Balaban J connectivity index is 1.48. The molecule has 3 heterocycles. The fraction of sp³-hybridized carbons (Fsp3) is 0.481. The maximum Gasteiger partial charge on any atom is 0.512 e. The van der Waals surface area contributed by atoms with E-state index in [1.54, 1.807) is 48.5 Å². The Kier molecular flexibility index (Phi) is 7.02. The number of benzene rings is 2. The highest BCUT2D eigenvalue weighted by molar-refractivity contribution is 7.82. The van der Waals surface area contributed by atoms with Crippen molar-refractivity contribution in [1.82, 2.24) is 0 Å². The van der Waals surface area contributed by atoms with Gasteiger partial charge in [0, 0.05) is 49.7 Å². The number of ether oxygens (including phenoxy) is 3. The van der Waals surface area contributed by atoms with Crippen LogP contribution in [-0.4, -0.2) is 52.8 Å². The van der Waals surface area contributed by atoms with Crippen LogP contribution in [0.15, 0.2) is 60.7 Å². The van der Waals surface area contributed by atoms with Crippen molar-refractivity contribution in [3.05, 3.63) is 71.8 Å². The predicted octanol–water partition coefficient (Wildman–Crippen LogP) is 5.38. The highest BCUT2D eigenvalue weighted by Gasteiger charge is 2.57. The molecule has 8 heteroatoms. The van der Waals surface area contributed by atoms with Crippen molar-refractivity contribution in [2.45, 2.75) is 67.2 Å². The zero-order chi connectivity index (χ0) is 24.5. The number of hydrogen-bond donors (Lipinski definition) is 1. The Labute approximate surface area is 216 Å². The first-order valence-corrected chi connectivity index (χ1v) is 13.3. The molecule has 0 radical (unpaired) electrons. The zero-order valence-electron chi connectivity index (χ0n) is 19.6. The van der Waals surface area contributed by atoms with Crippen molar-refractivity contribution < 1.29 is 28.3 Å². The van der Waals surface area contributed by atoms with E-state index in [0.29, 0.717) is 23.2 Å². The standard InChI is InChI=1S/C27H30ClNO5S/c28-25(35)33-26(31)34-27(19-9-3-1-4-10-19,20-11-5-2-6-12-20)24(30)32-23-17-21-13-14-22(18-23)29(21)15-7-8-16-29/h1-6,9-12,21-23,25H,7-8,13-18H2/p+1. The quantitative estimate of drug-likeness (QED) is 0.183. The van der Waals surface area contributed by atoms with Gasteiger partial charge in [-0.25, -0.2) is 9.59 Å². The number of piperidine rings is 1. The number of thiol groups is 1. The summed E-state index contributed by atoms with van der Waals surface area (Å²) in [5.41, 5.74) is -0.893. The first kappa shape index (κ1) is 24.5. The molecule has 0 aromatic heterocycles. The fourth-order valence-corrected chi connectivity index (χ4v) is 6.84. The van der Waals surface area contributed by atoms with Gasteiger partial charge in [0.1, 0.15) is 6.10 Å². The largest absolute Gasteiger partial charge is 0.512 e. The van der Waals surface area contributed by atoms with Gasteiger partial charge in [0.2, 0.25) is 4.90 Å². The summed E-state index contributed by atoms with van der Waals surface area (Å²) in [6, 6.07) is 18.9. The van der Waals surface area contributed by atoms with Crippen LogP contribution in [0.2, 0.25) is 0 Å². The van der Waals surface area contributed by atoms with Crippen LogP contribution in [0.4, 0.5) is 4.79 Å². The highest BCUT2D eigenvalue weighted by Crippen LogP contribution is 2.47. The van der Waals surface area contributed by atoms with E-state index in [-0.39, 0.29) is 6.10 Å². The number of quaternary nitrogens is 1. The van der Waals surface area contributed by atoms with Gasteiger partial charge in [-0.05, 0) is 0 Å². The van der Waals surface area contributed by atoms with Gasteiger partial charge >= 0.3 is 12.1 Å². The van der Waals surface area contributed by atoms with Gasteiger partial charge in [-0.1, -0.05) is 72.3 Å². The minimum Gasteiger partial charge on any atom is -0.458 e. The van der Waals surface area contributed by atoms with E-state index >= 15 is 0 Å². The Morgan fingerprint density at radius 1 is 0.914 bits per heavy atom. The third-order valence-corrected chi connectivity index (χ3v) is 8.30. The minimum atomic E-state index is -1.84. The van der Waals surface area contributed by atoms with Gasteiger partial charge in [0.15, 0.2) is 0 Å². The van der Waals surface area contributed by atoms with Crippen LogP contribution in [-0.2, 0) is 24.6 Å². The van der Waals surface area contributed by atoms with Crippen molar-refractivity contribution >= 4 is 36.4 Å². The number of carbonyl (C=O) groups is 2. The van der Waals surface area contributed by atoms with Crippen LogP contribution in [0.25, 0.3) is 0 Å². The van der Waals surface area contributed by atoms with E-state index in [9.17, 15) is 9.59 Å². The molecule has 2 aromatic rings. The van der Waals surface area contributed by atoms with Gasteiger partial charge in [-0.3, -0.25) is 0 Å². The summed E-state index contributed by atoms with van der Waals surface area (Å²) in [6.45, 7) is 2.48. The smallest absolute Gasteiger partial charge is 0.458 e. The number of hydrogen-bond acceptors (Lipinski definition) is 6. The summed E-state index contributed by atoms with van der Waals surface area (Å²) in [7, 11) is 0. The topological polar surface area (TPSA) is 61.8 Å². The number of alkyl halides is 1. The van der Waals surface area contributed by atoms with Gasteiger partial charge in [-0.2, -0.15) is 0 Å². The highest BCUT2D eigenvalue weighted by atomic mass is 35.5. The predicted molar refractivity (Wildman–Crippen MR) is 135 cm³/mol. The van der Waals surface area contributed by atoms with Crippen molar-refractivity contribution in [2.75, 3.05) is 13.1 Å². The second-order valence-electron chi connectivity index (χ2n) is 9.82. The van der Waals surface area contributed by atoms with Gasteiger partial charge in [0.05, 0.1) is 25.2 Å². The van der Waals surface area contributed by atoms with Gasteiger partial charge in [-0.15, -0.1) is 12.6 Å². The van der Waals surface area contributed by atoms with Crippen molar-refractivity contribution in [3.8, 4) is 0 Å². The number of carbonyl (C=O) groups excluding carboxylic acids is 2. The average molecular weight is 517 g/mol. The van der Waals surface area contributed by atoms with Crippen LogP contribution in [0.3, 0.4) is 0 Å². The van der Waals surface area contributed by atoms with E-state index in [2.05, 4.69) is 12.6 Å². The zero-order valence-corrected chi connectivity index (χ0v) is 21.2. The molecule has 0 N–H and O–H groups in total. The lowest BCUT2D eigenvalue weighted by Crippen LogP contribution is -2.60. The Morgan fingerprint density at radius 2 is 1.43 bits per heavy atom. The molecule has 0 amide bonds. The van der Waals surface area contributed by atoms with E-state index < -0.39 is 22.6 Å². The monoisotopic (exact) mass is 516 g/mol. The third-order valence-electron chi connectivity index (χ3n) is 8.11. The summed E-state index contributed by atoms with van der Waals surface area (Å²) >= 11 is 9.66. The number of esters is 1. The molecule has 5 rings (SSSR count). The molecule has 2 bridgehead atoms. The molecule has 186 valence electrons. The average Bonchev–Trinajstić information content (AvgIpc) is 3.39. The Morgan fingerprint density at radius 3 is 1.91 bits per heavy atom. The van der Waals surface area contributed by atoms with Crippen LogP contribution in [0, 0.1) is 0 Å². The molecular weight excluding hydrogens is 486 g/mol. The summed E-state index contributed by atoms with van der Waals surface area (Å²) in [4.78, 5) is 25.6. The molecule has 3 aliphatic heterocycles. The molecule has 3 fully saturated rings. The number of halogens is 1. The number of nitrogens with zero attached hydrogens (tertiary/aromatic N) is 1. The summed E-state index contributed by atoms with van der Waals surface area (Å²) < 4.78 is 18.2. The molecule has 3 aliphatic rings. The summed E-state index contributed by atoms with van der Waals surface area (Å²) in [5, 5.41) is 0. The molecule has 0 aliphatic carbocycles. The molecule has 1 spiro atoms. The molecule has 3 unspecified atom stereocenters. The van der Waals surface area contributed by atoms with Gasteiger partial charge < -0.3 is 18.7 Å². The third kappa shape index (κ3) is 4.54. The number of rotatable bonds is 6. The minimum absolute atomic E-state index is 0.221. The van der Waals surface area contributed by atoms with E-state index in [1.807, 2.05) is 12.1 Å². The first-order valence-electron chi connectivity index (χ1n) is 12.3. The van der Waals surface area contributed by atoms with Gasteiger partial charge in [0.25, 0.3) is 5.60 Å². The SMILES string of the molecule is O=C(OC(S)Cl)OC(C(=O)OC1CC2CCC(C1)[N+]21CCCC1)(c1ccccc1)c1ccccc1. The second kappa shape index (κ2) is 10.0. The van der Waals surface area contributed by atoms with Crippen LogP contribution >= 0.6 is 24.2 Å². The Bertz CT molecular complexity index is 989. The molecular formula is C27H31ClNO5S+. The van der Waals surface area contributed by atoms with Crippen LogP contribution < -0.4 is 0 Å². The lowest BCUT2D eigenvalue weighted by Gasteiger charge is -2.47. The summed E-state index contributed by atoms with van der Waals surface area (Å²) in [5.74, 6) is -0.628. The van der Waals surface area contributed by atoms with E-state index in [4.69, 9.17) is 25.8 Å². The summed E-state index contributed by atoms with van der Waals surface area (Å²) in [6.07, 6.45) is 5.29. The lowest BCUT2D eigenvalue weighted by molar-refractivity contribution is -0.956. The van der Waals surface area contributed by atoms with E-state index in [1.165, 1.54) is 43.3 Å². The van der Waals surface area contributed by atoms with Crippen molar-refractivity contribution in [2.24, 2.45) is 0 Å². The molecule has 3 atom stereocenters. The molecule has 2 aromatic carbocycles. The molecule has 0 saturated carbocycles. The molecule has 35 heavy (non-hydrogen) atoms. The van der Waals surface area contributed by atoms with Crippen LogP contribution in [0.1, 0.15) is 49.7 Å². The molecule has 3 saturated heterocycles. The first-order chi connectivity index (χ1) is 16.9. The normalized spacial score (nSPS) is 25.7.